The maximum absolute atomic E-state index is 6.07. The second-order valence-electron chi connectivity index (χ2n) is 4.10. The lowest BCUT2D eigenvalue weighted by Crippen LogP contribution is -1.97. The van der Waals surface area contributed by atoms with Gasteiger partial charge in [0.05, 0.1) is 5.52 Å². The molecule has 0 aliphatic rings. The Morgan fingerprint density at radius 1 is 1.06 bits per heavy atom. The summed E-state index contributed by atoms with van der Waals surface area (Å²) < 4.78 is 2.12. The summed E-state index contributed by atoms with van der Waals surface area (Å²) in [6.45, 7) is 0.793. The van der Waals surface area contributed by atoms with Crippen molar-refractivity contribution in [2.45, 2.75) is 6.54 Å². The Labute approximate surface area is 115 Å². The fourth-order valence-electron chi connectivity index (χ4n) is 2.04. The van der Waals surface area contributed by atoms with Crippen LogP contribution in [0.4, 0.5) is 0 Å². The first-order valence-electron chi connectivity index (χ1n) is 5.59. The van der Waals surface area contributed by atoms with Gasteiger partial charge in [-0.05, 0) is 17.7 Å². The topological polar surface area (TPSA) is 17.8 Å². The Morgan fingerprint density at radius 2 is 1.83 bits per heavy atom. The van der Waals surface area contributed by atoms with Crippen molar-refractivity contribution in [3.05, 3.63) is 64.5 Å². The summed E-state index contributed by atoms with van der Waals surface area (Å²) in [6, 6.07) is 14.1. The third-order valence-electron chi connectivity index (χ3n) is 2.89. The molecule has 0 spiro atoms. The number of hydrogen-bond donors (Lipinski definition) is 0. The van der Waals surface area contributed by atoms with Crippen molar-refractivity contribution in [2.24, 2.45) is 0 Å². The molecule has 0 fully saturated rings. The van der Waals surface area contributed by atoms with Gasteiger partial charge in [0.15, 0.2) is 0 Å². The van der Waals surface area contributed by atoms with E-state index in [4.69, 9.17) is 23.2 Å². The normalized spacial score (nSPS) is 11.0. The van der Waals surface area contributed by atoms with Gasteiger partial charge in [0.2, 0.25) is 0 Å². The van der Waals surface area contributed by atoms with Crippen LogP contribution in [0.15, 0.2) is 48.7 Å². The fraction of sp³-hybridized carbons (Fsp3) is 0.0714. The fourth-order valence-corrected chi connectivity index (χ4v) is 2.52. The summed E-state index contributed by atoms with van der Waals surface area (Å²) in [5, 5.41) is 1.79. The highest BCUT2D eigenvalue weighted by Crippen LogP contribution is 2.26. The van der Waals surface area contributed by atoms with Gasteiger partial charge >= 0.3 is 0 Å². The van der Waals surface area contributed by atoms with Gasteiger partial charge in [-0.3, -0.25) is 0 Å². The summed E-state index contributed by atoms with van der Waals surface area (Å²) in [7, 11) is 0. The van der Waals surface area contributed by atoms with Crippen LogP contribution in [0.5, 0.6) is 0 Å². The maximum Gasteiger partial charge on any atom is 0.140 e. The first-order chi connectivity index (χ1) is 8.74. The average Bonchev–Trinajstić information content (AvgIpc) is 2.74. The largest absolute Gasteiger partial charge is 0.343 e. The molecule has 90 valence electrons. The van der Waals surface area contributed by atoms with Crippen LogP contribution >= 0.6 is 23.2 Å². The smallest absolute Gasteiger partial charge is 0.140 e. The van der Waals surface area contributed by atoms with E-state index in [1.54, 1.807) is 0 Å². The van der Waals surface area contributed by atoms with Gasteiger partial charge < -0.3 is 4.57 Å². The molecule has 4 heteroatoms. The first-order valence-corrected chi connectivity index (χ1v) is 6.34. The highest BCUT2D eigenvalue weighted by molar-refractivity contribution is 6.36. The minimum Gasteiger partial charge on any atom is -0.343 e. The van der Waals surface area contributed by atoms with Crippen molar-refractivity contribution in [1.82, 2.24) is 9.55 Å². The van der Waals surface area contributed by atoms with E-state index < -0.39 is 0 Å². The number of benzene rings is 1. The zero-order valence-corrected chi connectivity index (χ0v) is 11.0. The summed E-state index contributed by atoms with van der Waals surface area (Å²) in [5.41, 5.74) is 2.24. The van der Waals surface area contributed by atoms with Crippen LogP contribution in [0.25, 0.3) is 10.9 Å². The van der Waals surface area contributed by atoms with Gasteiger partial charge in [0.25, 0.3) is 0 Å². The van der Waals surface area contributed by atoms with Crippen LogP contribution in [-0.2, 0) is 6.54 Å². The average molecular weight is 277 g/mol. The first kappa shape index (κ1) is 11.6. The molecule has 0 aliphatic carbocycles. The SMILES string of the molecule is Clc1cc2c(ccn2Cc2ccccc2)c(Cl)n1. The van der Waals surface area contributed by atoms with Crippen LogP contribution in [0, 0.1) is 0 Å². The van der Waals surface area contributed by atoms with Gasteiger partial charge in [-0.25, -0.2) is 4.98 Å². The number of halogens is 2. The van der Waals surface area contributed by atoms with Gasteiger partial charge in [-0.1, -0.05) is 53.5 Å². The second kappa shape index (κ2) is 4.63. The van der Waals surface area contributed by atoms with Crippen LogP contribution in [-0.4, -0.2) is 9.55 Å². The predicted molar refractivity (Wildman–Crippen MR) is 75.3 cm³/mol. The predicted octanol–water partition coefficient (Wildman–Crippen LogP) is 4.39. The number of fused-ring (bicyclic) bond motifs is 1. The molecule has 2 aromatic heterocycles. The van der Waals surface area contributed by atoms with E-state index in [1.807, 2.05) is 36.5 Å². The van der Waals surface area contributed by atoms with Gasteiger partial charge in [0.1, 0.15) is 10.3 Å². The molecular weight excluding hydrogens is 267 g/mol. The Morgan fingerprint density at radius 3 is 2.61 bits per heavy atom. The minimum atomic E-state index is 0.417. The van der Waals surface area contributed by atoms with Crippen LogP contribution in [0.2, 0.25) is 10.3 Å². The molecule has 0 unspecified atom stereocenters. The molecule has 0 saturated heterocycles. The number of hydrogen-bond acceptors (Lipinski definition) is 1. The van der Waals surface area contributed by atoms with E-state index in [1.165, 1.54) is 5.56 Å². The summed E-state index contributed by atoms with van der Waals surface area (Å²) >= 11 is 12.0. The highest BCUT2D eigenvalue weighted by Gasteiger charge is 2.07. The third kappa shape index (κ3) is 2.09. The Hall–Kier alpha value is -1.51. The lowest BCUT2D eigenvalue weighted by atomic mass is 10.2. The van der Waals surface area contributed by atoms with E-state index in [0.29, 0.717) is 10.3 Å². The van der Waals surface area contributed by atoms with Crippen molar-refractivity contribution < 1.29 is 0 Å². The molecule has 2 heterocycles. The monoisotopic (exact) mass is 276 g/mol. The van der Waals surface area contributed by atoms with Gasteiger partial charge in [0, 0.05) is 18.1 Å². The van der Waals surface area contributed by atoms with Crippen molar-refractivity contribution in [1.29, 1.82) is 0 Å². The highest BCUT2D eigenvalue weighted by atomic mass is 35.5. The lowest BCUT2D eigenvalue weighted by Gasteiger charge is -2.06. The zero-order valence-electron chi connectivity index (χ0n) is 9.48. The second-order valence-corrected chi connectivity index (χ2v) is 4.84. The molecule has 1 aromatic carbocycles. The van der Waals surface area contributed by atoms with E-state index in [2.05, 4.69) is 21.7 Å². The van der Waals surface area contributed by atoms with Crippen molar-refractivity contribution >= 4 is 34.1 Å². The summed E-state index contributed by atoms with van der Waals surface area (Å²) in [6.07, 6.45) is 2.00. The molecule has 0 bridgehead atoms. The maximum atomic E-state index is 6.07. The molecule has 18 heavy (non-hydrogen) atoms. The molecule has 0 amide bonds. The Bertz CT molecular complexity index is 690. The zero-order chi connectivity index (χ0) is 12.5. The Balaban J connectivity index is 2.08. The van der Waals surface area contributed by atoms with Gasteiger partial charge in [-0.15, -0.1) is 0 Å². The number of pyridine rings is 1. The Kier molecular flexibility index (Phi) is 2.98. The molecular formula is C14H10Cl2N2. The van der Waals surface area contributed by atoms with E-state index in [0.717, 1.165) is 17.4 Å². The summed E-state index contributed by atoms with van der Waals surface area (Å²) in [4.78, 5) is 4.04. The molecule has 2 nitrogen and oxygen atoms in total. The summed E-state index contributed by atoms with van der Waals surface area (Å²) in [5.74, 6) is 0. The number of aromatic nitrogens is 2. The van der Waals surface area contributed by atoms with Crippen molar-refractivity contribution in [2.75, 3.05) is 0 Å². The lowest BCUT2D eigenvalue weighted by molar-refractivity contribution is 0.836. The number of nitrogens with zero attached hydrogens (tertiary/aromatic N) is 2. The van der Waals surface area contributed by atoms with E-state index in [9.17, 15) is 0 Å². The van der Waals surface area contributed by atoms with Crippen molar-refractivity contribution in [3.63, 3.8) is 0 Å². The minimum absolute atomic E-state index is 0.417. The van der Waals surface area contributed by atoms with Crippen molar-refractivity contribution in [3.8, 4) is 0 Å². The molecule has 0 atom stereocenters. The molecule has 0 radical (unpaired) electrons. The molecule has 0 N–H and O–H groups in total. The van der Waals surface area contributed by atoms with Gasteiger partial charge in [-0.2, -0.15) is 0 Å². The third-order valence-corrected chi connectivity index (χ3v) is 3.37. The van der Waals surface area contributed by atoms with Crippen LogP contribution in [0.1, 0.15) is 5.56 Å². The molecule has 3 rings (SSSR count). The standard InChI is InChI=1S/C14H10Cl2N2/c15-13-8-12-11(14(16)17-13)6-7-18(12)9-10-4-2-1-3-5-10/h1-8H,9H2. The number of rotatable bonds is 2. The molecule has 3 aromatic rings. The quantitative estimate of drug-likeness (QED) is 0.635. The molecule has 0 saturated carbocycles. The van der Waals surface area contributed by atoms with E-state index in [-0.39, 0.29) is 0 Å². The van der Waals surface area contributed by atoms with E-state index >= 15 is 0 Å². The van der Waals surface area contributed by atoms with Crippen LogP contribution in [0.3, 0.4) is 0 Å². The van der Waals surface area contributed by atoms with Crippen LogP contribution < -0.4 is 0 Å². The molecule has 0 aliphatic heterocycles.